The number of hydrogen-bond acceptors (Lipinski definition) is 6. The molecule has 0 radical (unpaired) electrons. The number of rotatable bonds is 3. The molecule has 1 aromatic carbocycles. The average Bonchev–Trinajstić information content (AvgIpc) is 2.97. The lowest BCUT2D eigenvalue weighted by Gasteiger charge is -2.19. The average molecular weight is 323 g/mol. The molecule has 1 amide bonds. The molecule has 7 heteroatoms. The van der Waals surface area contributed by atoms with Crippen LogP contribution in [0.1, 0.15) is 0 Å². The third-order valence-corrected chi connectivity index (χ3v) is 6.18. The molecule has 1 N–H and O–H groups in total. The molecule has 1 saturated heterocycles. The van der Waals surface area contributed by atoms with Gasteiger partial charge in [-0.05, 0) is 0 Å². The van der Waals surface area contributed by atoms with E-state index < -0.39 is 0 Å². The van der Waals surface area contributed by atoms with Gasteiger partial charge in [-0.25, -0.2) is 0 Å². The van der Waals surface area contributed by atoms with Crippen molar-refractivity contribution >= 4 is 46.1 Å². The monoisotopic (exact) mass is 323 g/mol. The zero-order chi connectivity index (χ0) is 13.8. The first-order valence-corrected chi connectivity index (χ1v) is 9.20. The van der Waals surface area contributed by atoms with E-state index in [2.05, 4.69) is 14.7 Å². The summed E-state index contributed by atoms with van der Waals surface area (Å²) in [5.74, 6) is 3.75. The van der Waals surface area contributed by atoms with E-state index in [0.717, 1.165) is 22.8 Å². The molecular weight excluding hydrogens is 310 g/mol. The van der Waals surface area contributed by atoms with Gasteiger partial charge in [0.25, 0.3) is 0 Å². The van der Waals surface area contributed by atoms with Crippen LogP contribution in [-0.2, 0) is 4.79 Å². The SMILES string of the molecule is O=C(Nc1nc(-c2ccccc2)ns1)[C@@H]1CSCCS1. The van der Waals surface area contributed by atoms with E-state index in [-0.39, 0.29) is 11.2 Å². The van der Waals surface area contributed by atoms with Gasteiger partial charge in [-0.2, -0.15) is 21.1 Å². The molecule has 2 heterocycles. The molecule has 0 saturated carbocycles. The van der Waals surface area contributed by atoms with Crippen LogP contribution in [0, 0.1) is 0 Å². The highest BCUT2D eigenvalue weighted by atomic mass is 32.2. The van der Waals surface area contributed by atoms with Crippen molar-refractivity contribution in [3.63, 3.8) is 0 Å². The van der Waals surface area contributed by atoms with Crippen LogP contribution in [0.3, 0.4) is 0 Å². The quantitative estimate of drug-likeness (QED) is 0.941. The Bertz CT molecular complexity index is 582. The second-order valence-corrected chi connectivity index (χ2v) is 7.43. The van der Waals surface area contributed by atoms with Gasteiger partial charge in [0, 0.05) is 34.4 Å². The number of aromatic nitrogens is 2. The summed E-state index contributed by atoms with van der Waals surface area (Å²) in [5, 5.41) is 3.47. The van der Waals surface area contributed by atoms with Crippen LogP contribution in [0.5, 0.6) is 0 Å². The molecule has 0 aliphatic carbocycles. The van der Waals surface area contributed by atoms with E-state index >= 15 is 0 Å². The first kappa shape index (κ1) is 13.9. The molecule has 3 rings (SSSR count). The lowest BCUT2D eigenvalue weighted by molar-refractivity contribution is -0.115. The fourth-order valence-electron chi connectivity index (χ4n) is 1.80. The fraction of sp³-hybridized carbons (Fsp3) is 0.308. The molecule has 1 aliphatic heterocycles. The highest BCUT2D eigenvalue weighted by molar-refractivity contribution is 8.07. The molecule has 0 unspecified atom stereocenters. The zero-order valence-corrected chi connectivity index (χ0v) is 13.1. The molecule has 1 atom stereocenters. The lowest BCUT2D eigenvalue weighted by Crippen LogP contribution is -2.30. The van der Waals surface area contributed by atoms with Crippen LogP contribution in [0.25, 0.3) is 11.4 Å². The van der Waals surface area contributed by atoms with E-state index in [1.807, 2.05) is 42.1 Å². The minimum absolute atomic E-state index is 0.0258. The van der Waals surface area contributed by atoms with Crippen molar-refractivity contribution in [2.45, 2.75) is 5.25 Å². The van der Waals surface area contributed by atoms with Crippen LogP contribution in [0.4, 0.5) is 5.13 Å². The van der Waals surface area contributed by atoms with Crippen LogP contribution in [-0.4, -0.2) is 37.8 Å². The summed E-state index contributed by atoms with van der Waals surface area (Å²) >= 11 is 4.77. The Hall–Kier alpha value is -1.05. The Morgan fingerprint density at radius 2 is 2.10 bits per heavy atom. The van der Waals surface area contributed by atoms with Gasteiger partial charge in [0.05, 0.1) is 5.25 Å². The molecule has 1 fully saturated rings. The number of nitrogens with one attached hydrogen (secondary N) is 1. The van der Waals surface area contributed by atoms with Crippen molar-refractivity contribution in [1.29, 1.82) is 0 Å². The first-order chi connectivity index (χ1) is 9.83. The largest absolute Gasteiger partial charge is 0.300 e. The minimum atomic E-state index is 0.0258. The Labute approximate surface area is 129 Å². The van der Waals surface area contributed by atoms with Gasteiger partial charge >= 0.3 is 0 Å². The van der Waals surface area contributed by atoms with Crippen molar-refractivity contribution in [1.82, 2.24) is 9.36 Å². The van der Waals surface area contributed by atoms with Gasteiger partial charge in [-0.3, -0.25) is 10.1 Å². The number of thioether (sulfide) groups is 2. The molecule has 104 valence electrons. The van der Waals surface area contributed by atoms with Crippen LogP contribution < -0.4 is 5.32 Å². The van der Waals surface area contributed by atoms with E-state index in [4.69, 9.17) is 0 Å². The lowest BCUT2D eigenvalue weighted by atomic mass is 10.2. The van der Waals surface area contributed by atoms with Crippen molar-refractivity contribution in [3.8, 4) is 11.4 Å². The van der Waals surface area contributed by atoms with Gasteiger partial charge in [0.15, 0.2) is 5.82 Å². The van der Waals surface area contributed by atoms with Gasteiger partial charge in [-0.15, -0.1) is 11.8 Å². The van der Waals surface area contributed by atoms with Crippen molar-refractivity contribution < 1.29 is 4.79 Å². The Morgan fingerprint density at radius 1 is 1.25 bits per heavy atom. The van der Waals surface area contributed by atoms with E-state index in [9.17, 15) is 4.79 Å². The third-order valence-electron chi connectivity index (χ3n) is 2.80. The second-order valence-electron chi connectivity index (χ2n) is 4.21. The van der Waals surface area contributed by atoms with Gasteiger partial charge in [0.1, 0.15) is 0 Å². The third kappa shape index (κ3) is 3.34. The molecule has 1 aliphatic rings. The first-order valence-electron chi connectivity index (χ1n) is 6.22. The Morgan fingerprint density at radius 3 is 2.85 bits per heavy atom. The summed E-state index contributed by atoms with van der Waals surface area (Å²) in [4.78, 5) is 16.5. The zero-order valence-electron chi connectivity index (χ0n) is 10.6. The topological polar surface area (TPSA) is 54.9 Å². The predicted molar refractivity (Wildman–Crippen MR) is 87.5 cm³/mol. The molecule has 1 aromatic heterocycles. The summed E-state index contributed by atoms with van der Waals surface area (Å²) in [7, 11) is 0. The van der Waals surface area contributed by atoms with Crippen molar-refractivity contribution in [3.05, 3.63) is 30.3 Å². The highest BCUT2D eigenvalue weighted by Gasteiger charge is 2.23. The highest BCUT2D eigenvalue weighted by Crippen LogP contribution is 2.26. The number of carbonyl (C=O) groups excluding carboxylic acids is 1. The maximum atomic E-state index is 12.1. The summed E-state index contributed by atoms with van der Waals surface area (Å²) < 4.78 is 4.29. The Balaban J connectivity index is 1.66. The summed E-state index contributed by atoms with van der Waals surface area (Å²) in [6.45, 7) is 0. The molecule has 0 spiro atoms. The fourth-order valence-corrected chi connectivity index (χ4v) is 4.95. The van der Waals surface area contributed by atoms with E-state index in [1.165, 1.54) is 11.5 Å². The van der Waals surface area contributed by atoms with E-state index in [1.54, 1.807) is 11.8 Å². The maximum Gasteiger partial charge on any atom is 0.240 e. The molecule has 20 heavy (non-hydrogen) atoms. The van der Waals surface area contributed by atoms with Crippen LogP contribution >= 0.6 is 35.1 Å². The van der Waals surface area contributed by atoms with Crippen LogP contribution in [0.15, 0.2) is 30.3 Å². The molecule has 4 nitrogen and oxygen atoms in total. The van der Waals surface area contributed by atoms with Crippen molar-refractivity contribution in [2.75, 3.05) is 22.6 Å². The van der Waals surface area contributed by atoms with E-state index in [0.29, 0.717) is 11.0 Å². The standard InChI is InChI=1S/C13H13N3OS3/c17-12(10-8-18-6-7-19-10)15-13-14-11(16-20-13)9-4-2-1-3-5-9/h1-5,10H,6-8H2,(H,14,15,16,17)/t10-/m0/s1. The number of amides is 1. The number of hydrogen-bond donors (Lipinski definition) is 1. The summed E-state index contributed by atoms with van der Waals surface area (Å²) in [6.07, 6.45) is 0. The van der Waals surface area contributed by atoms with Gasteiger partial charge in [-0.1, -0.05) is 30.3 Å². The van der Waals surface area contributed by atoms with Gasteiger partial charge < -0.3 is 0 Å². The number of carbonyl (C=O) groups is 1. The number of anilines is 1. The minimum Gasteiger partial charge on any atom is -0.300 e. The predicted octanol–water partition coefficient (Wildman–Crippen LogP) is 2.99. The van der Waals surface area contributed by atoms with Gasteiger partial charge in [0.2, 0.25) is 11.0 Å². The molecule has 2 aromatic rings. The summed E-state index contributed by atoms with van der Waals surface area (Å²) in [6, 6.07) is 9.77. The smallest absolute Gasteiger partial charge is 0.240 e. The normalized spacial score (nSPS) is 18.7. The second kappa shape index (κ2) is 6.60. The number of nitrogens with zero attached hydrogens (tertiary/aromatic N) is 2. The molecular formula is C13H13N3OS3. The Kier molecular flexibility index (Phi) is 4.59. The maximum absolute atomic E-state index is 12.1. The van der Waals surface area contributed by atoms with Crippen LogP contribution in [0.2, 0.25) is 0 Å². The molecule has 0 bridgehead atoms. The summed E-state index contributed by atoms with van der Waals surface area (Å²) in [5.41, 5.74) is 0.965. The number of benzene rings is 1. The van der Waals surface area contributed by atoms with Crippen molar-refractivity contribution in [2.24, 2.45) is 0 Å².